The number of hydrogen-bond donors (Lipinski definition) is 1. The zero-order valence-electron chi connectivity index (χ0n) is 13.8. The molecule has 1 aromatic heterocycles. The van der Waals surface area contributed by atoms with E-state index in [4.69, 9.17) is 0 Å². The van der Waals surface area contributed by atoms with Gasteiger partial charge in [-0.05, 0) is 35.1 Å². The van der Waals surface area contributed by atoms with Gasteiger partial charge >= 0.3 is 6.61 Å². The summed E-state index contributed by atoms with van der Waals surface area (Å²) in [6, 6.07) is 14.1. The molecule has 0 fully saturated rings. The van der Waals surface area contributed by atoms with Crippen LogP contribution in [0.25, 0.3) is 5.70 Å². The molecule has 6 nitrogen and oxygen atoms in total. The minimum absolute atomic E-state index is 0.0929. The van der Waals surface area contributed by atoms with E-state index in [2.05, 4.69) is 25.6 Å². The summed E-state index contributed by atoms with van der Waals surface area (Å²) in [7, 11) is 0. The number of hydrogen-bond acceptors (Lipinski definition) is 5. The molecule has 2 heterocycles. The van der Waals surface area contributed by atoms with Gasteiger partial charge in [-0.2, -0.15) is 13.5 Å². The van der Waals surface area contributed by atoms with Gasteiger partial charge in [0.15, 0.2) is 0 Å². The number of allylic oxidation sites excluding steroid dienone is 1. The molecule has 0 amide bonds. The molecule has 1 aliphatic heterocycles. The maximum atomic E-state index is 12.8. The van der Waals surface area contributed by atoms with Crippen molar-refractivity contribution in [3.05, 3.63) is 71.3 Å². The van der Waals surface area contributed by atoms with Crippen molar-refractivity contribution in [1.29, 1.82) is 0 Å². The summed E-state index contributed by atoms with van der Waals surface area (Å²) in [4.78, 5) is 0. The highest BCUT2D eigenvalue weighted by Gasteiger charge is 2.27. The summed E-state index contributed by atoms with van der Waals surface area (Å²) in [5.74, 6) is 0.523. The predicted octanol–water partition coefficient (Wildman–Crippen LogP) is 3.64. The predicted molar refractivity (Wildman–Crippen MR) is 91.8 cm³/mol. The van der Waals surface area contributed by atoms with E-state index in [-0.39, 0.29) is 5.75 Å². The van der Waals surface area contributed by atoms with E-state index in [1.807, 2.05) is 37.3 Å². The number of nitrogens with zero attached hydrogens (tertiary/aromatic N) is 4. The number of nitrogens with one attached hydrogen (secondary N) is 1. The summed E-state index contributed by atoms with van der Waals surface area (Å²) in [6.07, 6.45) is 1.89. The number of benzene rings is 2. The second kappa shape index (κ2) is 6.55. The smallest absolute Gasteiger partial charge is 0.387 e. The fraction of sp³-hybridized carbons (Fsp3) is 0.167. The largest absolute Gasteiger partial charge is 0.434 e. The van der Waals surface area contributed by atoms with E-state index in [1.54, 1.807) is 18.2 Å². The van der Waals surface area contributed by atoms with Crippen LogP contribution in [0.1, 0.15) is 22.7 Å². The van der Waals surface area contributed by atoms with Gasteiger partial charge in [-0.25, -0.2) is 0 Å². The van der Waals surface area contributed by atoms with Gasteiger partial charge in [0, 0.05) is 11.3 Å². The average molecular weight is 355 g/mol. The zero-order chi connectivity index (χ0) is 18.1. The first-order valence-corrected chi connectivity index (χ1v) is 7.99. The Kier molecular flexibility index (Phi) is 4.08. The van der Waals surface area contributed by atoms with Gasteiger partial charge < -0.3 is 10.1 Å². The highest BCUT2D eigenvalue weighted by atomic mass is 19.3. The highest BCUT2D eigenvalue weighted by Crippen LogP contribution is 2.36. The van der Waals surface area contributed by atoms with Crippen LogP contribution in [0.3, 0.4) is 0 Å². The van der Waals surface area contributed by atoms with Crippen LogP contribution >= 0.6 is 0 Å². The van der Waals surface area contributed by atoms with Gasteiger partial charge in [0.2, 0.25) is 5.95 Å². The molecule has 26 heavy (non-hydrogen) atoms. The molecule has 0 saturated heterocycles. The van der Waals surface area contributed by atoms with Crippen molar-refractivity contribution in [1.82, 2.24) is 20.2 Å². The second-order valence-corrected chi connectivity index (χ2v) is 5.88. The molecular formula is C18H15F2N5O. The van der Waals surface area contributed by atoms with Gasteiger partial charge in [-0.15, -0.1) is 0 Å². The maximum absolute atomic E-state index is 12.8. The molecular weight excluding hydrogens is 340 g/mol. The standard InChI is InChI=1S/C18H15F2N5O/c1-11-6-8-12(9-7-11)14-10-15(25-18(21-14)22-23-24-25)13-4-2-3-5-16(13)26-17(19)20/h2-10,15,17H,1H3,(H,21,22,24). The fourth-order valence-corrected chi connectivity index (χ4v) is 2.91. The Morgan fingerprint density at radius 3 is 2.65 bits per heavy atom. The van der Waals surface area contributed by atoms with E-state index in [9.17, 15) is 8.78 Å². The van der Waals surface area contributed by atoms with E-state index in [0.29, 0.717) is 11.5 Å². The lowest BCUT2D eigenvalue weighted by Gasteiger charge is -2.25. The number of halogens is 2. The number of rotatable bonds is 4. The molecule has 1 unspecified atom stereocenters. The summed E-state index contributed by atoms with van der Waals surface area (Å²) in [5, 5.41) is 14.8. The lowest BCUT2D eigenvalue weighted by Crippen LogP contribution is -2.21. The van der Waals surface area contributed by atoms with Crippen LogP contribution in [0.15, 0.2) is 54.6 Å². The van der Waals surface area contributed by atoms with Crippen LogP contribution in [0.4, 0.5) is 14.7 Å². The topological polar surface area (TPSA) is 64.9 Å². The Morgan fingerprint density at radius 2 is 1.88 bits per heavy atom. The minimum atomic E-state index is -2.91. The molecule has 1 aliphatic rings. The van der Waals surface area contributed by atoms with Gasteiger partial charge in [-0.3, -0.25) is 0 Å². The number of ether oxygens (including phenoxy) is 1. The number of anilines is 1. The molecule has 0 aliphatic carbocycles. The Morgan fingerprint density at radius 1 is 1.12 bits per heavy atom. The first kappa shape index (κ1) is 16.2. The maximum Gasteiger partial charge on any atom is 0.387 e. The van der Waals surface area contributed by atoms with Crippen LogP contribution in [-0.2, 0) is 0 Å². The van der Waals surface area contributed by atoms with Crippen molar-refractivity contribution in [2.45, 2.75) is 19.6 Å². The zero-order valence-corrected chi connectivity index (χ0v) is 13.8. The van der Waals surface area contributed by atoms with Crippen LogP contribution < -0.4 is 10.1 Å². The number of alkyl halides is 2. The van der Waals surface area contributed by atoms with Crippen LogP contribution in [0.2, 0.25) is 0 Å². The SMILES string of the molecule is Cc1ccc(C2=CC(c3ccccc3OC(F)F)n3nnnc3N2)cc1. The fourth-order valence-electron chi connectivity index (χ4n) is 2.91. The minimum Gasteiger partial charge on any atom is -0.434 e. The number of fused-ring (bicyclic) bond motifs is 1. The Bertz CT molecular complexity index is 952. The number of para-hydroxylation sites is 1. The molecule has 3 aromatic rings. The van der Waals surface area contributed by atoms with E-state index >= 15 is 0 Å². The molecule has 0 spiro atoms. The molecule has 1 N–H and O–H groups in total. The summed E-state index contributed by atoms with van der Waals surface area (Å²) in [5.41, 5.74) is 3.43. The molecule has 2 aromatic carbocycles. The molecule has 0 saturated carbocycles. The number of aromatic nitrogens is 4. The lowest BCUT2D eigenvalue weighted by molar-refractivity contribution is -0.0506. The van der Waals surface area contributed by atoms with E-state index in [1.165, 1.54) is 10.7 Å². The molecule has 1 atom stereocenters. The van der Waals surface area contributed by atoms with Crippen molar-refractivity contribution in [2.75, 3.05) is 5.32 Å². The molecule has 4 rings (SSSR count). The lowest BCUT2D eigenvalue weighted by atomic mass is 10.0. The van der Waals surface area contributed by atoms with Gasteiger partial charge in [0.05, 0.1) is 0 Å². The van der Waals surface area contributed by atoms with Crippen molar-refractivity contribution in [2.24, 2.45) is 0 Å². The molecule has 132 valence electrons. The van der Waals surface area contributed by atoms with Crippen LogP contribution in [0, 0.1) is 6.92 Å². The van der Waals surface area contributed by atoms with Gasteiger partial charge in [0.1, 0.15) is 11.8 Å². The molecule has 0 bridgehead atoms. The van der Waals surface area contributed by atoms with Crippen molar-refractivity contribution < 1.29 is 13.5 Å². The Balaban J connectivity index is 1.81. The summed E-state index contributed by atoms with van der Waals surface area (Å²) >= 11 is 0. The Hall–Kier alpha value is -3.29. The first-order valence-electron chi connectivity index (χ1n) is 7.99. The summed E-state index contributed by atoms with van der Waals surface area (Å²) in [6.45, 7) is -0.903. The number of aryl methyl sites for hydroxylation is 1. The van der Waals surface area contributed by atoms with Gasteiger partial charge in [-0.1, -0.05) is 53.1 Å². The highest BCUT2D eigenvalue weighted by molar-refractivity contribution is 5.77. The third-order valence-corrected chi connectivity index (χ3v) is 4.14. The number of tetrazole rings is 1. The van der Waals surface area contributed by atoms with E-state index < -0.39 is 12.7 Å². The first-order chi connectivity index (χ1) is 12.6. The third kappa shape index (κ3) is 3.01. The molecule has 0 radical (unpaired) electrons. The Labute approximate surface area is 148 Å². The van der Waals surface area contributed by atoms with Gasteiger partial charge in [0.25, 0.3) is 0 Å². The van der Waals surface area contributed by atoms with Crippen LogP contribution in [-0.4, -0.2) is 26.8 Å². The van der Waals surface area contributed by atoms with Crippen LogP contribution in [0.5, 0.6) is 5.75 Å². The van der Waals surface area contributed by atoms with Crippen molar-refractivity contribution in [3.8, 4) is 5.75 Å². The third-order valence-electron chi connectivity index (χ3n) is 4.14. The van der Waals surface area contributed by atoms with Crippen molar-refractivity contribution in [3.63, 3.8) is 0 Å². The second-order valence-electron chi connectivity index (χ2n) is 5.88. The average Bonchev–Trinajstić information content (AvgIpc) is 3.10. The van der Waals surface area contributed by atoms with Crippen molar-refractivity contribution >= 4 is 11.6 Å². The van der Waals surface area contributed by atoms with E-state index in [0.717, 1.165) is 16.8 Å². The monoisotopic (exact) mass is 355 g/mol. The summed E-state index contributed by atoms with van der Waals surface area (Å²) < 4.78 is 31.8. The normalized spacial score (nSPS) is 16.0. The quantitative estimate of drug-likeness (QED) is 0.774. The molecule has 8 heteroatoms.